The second-order valence-electron chi connectivity index (χ2n) is 17.1. The molecule has 15 heteroatoms. The van der Waals surface area contributed by atoms with Crippen LogP contribution in [-0.2, 0) is 29.2 Å². The number of aromatic nitrogens is 1. The molecule has 3 aromatic rings. The van der Waals surface area contributed by atoms with Crippen molar-refractivity contribution in [1.82, 2.24) is 24.8 Å². The Bertz CT molecular complexity index is 2220. The average Bonchev–Trinajstić information content (AvgIpc) is 4.10. The van der Waals surface area contributed by atoms with Gasteiger partial charge in [-0.2, -0.15) is 0 Å². The lowest BCUT2D eigenvalue weighted by Gasteiger charge is -2.36. The zero-order valence-corrected chi connectivity index (χ0v) is 35.0. The van der Waals surface area contributed by atoms with E-state index in [2.05, 4.69) is 16.6 Å². The molecular weight excluding hydrogens is 782 g/mol. The van der Waals surface area contributed by atoms with Crippen molar-refractivity contribution in [2.45, 2.75) is 94.0 Å². The molecule has 2 saturated heterocycles. The molecule has 310 valence electrons. The minimum absolute atomic E-state index is 0.00920. The highest BCUT2D eigenvalue weighted by atomic mass is 35.5. The number of methoxy groups -OCH3 is 1. The summed E-state index contributed by atoms with van der Waals surface area (Å²) in [6, 6.07) is 15.8. The van der Waals surface area contributed by atoms with Crippen LogP contribution in [0.15, 0.2) is 67.3 Å². The average molecular weight is 834 g/mol. The van der Waals surface area contributed by atoms with E-state index in [1.807, 2.05) is 74.2 Å². The highest BCUT2D eigenvalue weighted by Crippen LogP contribution is 2.49. The van der Waals surface area contributed by atoms with Crippen molar-refractivity contribution >= 4 is 56.2 Å². The summed E-state index contributed by atoms with van der Waals surface area (Å²) >= 11 is 6.21. The molecule has 2 aromatic carbocycles. The van der Waals surface area contributed by atoms with Gasteiger partial charge in [0.2, 0.25) is 17.7 Å². The second kappa shape index (κ2) is 15.8. The number of sulfonamides is 1. The lowest BCUT2D eigenvalue weighted by atomic mass is 9.77. The number of halogens is 1. The molecule has 3 heterocycles. The Hall–Kier alpha value is -4.69. The molecule has 4 amide bonds. The number of pyridine rings is 1. The van der Waals surface area contributed by atoms with Crippen molar-refractivity contribution in [3.8, 4) is 22.8 Å². The van der Waals surface area contributed by atoms with Crippen molar-refractivity contribution < 1.29 is 37.1 Å². The van der Waals surface area contributed by atoms with Crippen LogP contribution in [0.3, 0.4) is 0 Å². The first-order chi connectivity index (χ1) is 27.5. The number of benzene rings is 2. The summed E-state index contributed by atoms with van der Waals surface area (Å²) in [5.41, 5.74) is -0.138. The molecule has 2 aliphatic heterocycles. The van der Waals surface area contributed by atoms with E-state index in [-0.39, 0.29) is 50.5 Å². The fraction of sp³-hybridized carbons (Fsp3) is 0.512. The van der Waals surface area contributed by atoms with Crippen LogP contribution in [0.5, 0.6) is 11.5 Å². The Labute approximate surface area is 344 Å². The Balaban J connectivity index is 1.21. The number of nitrogens with one attached hydrogen (secondary N) is 2. The van der Waals surface area contributed by atoms with Crippen LogP contribution < -0.4 is 19.5 Å². The zero-order valence-electron chi connectivity index (χ0n) is 33.5. The molecule has 4 aliphatic rings. The van der Waals surface area contributed by atoms with Crippen LogP contribution in [0.25, 0.3) is 22.2 Å². The minimum Gasteiger partial charge on any atom is -0.497 e. The summed E-state index contributed by atoms with van der Waals surface area (Å²) in [5, 5.41) is 3.54. The summed E-state index contributed by atoms with van der Waals surface area (Å²) in [4.78, 5) is 65.0. The Kier molecular flexibility index (Phi) is 11.3. The van der Waals surface area contributed by atoms with E-state index < -0.39 is 61.0 Å². The van der Waals surface area contributed by atoms with Gasteiger partial charge in [-0.05, 0) is 56.1 Å². The number of carbonyl (C=O) groups excluding carboxylic acids is 4. The van der Waals surface area contributed by atoms with Crippen molar-refractivity contribution in [3.63, 3.8) is 0 Å². The van der Waals surface area contributed by atoms with Crippen LogP contribution in [-0.4, -0.2) is 95.5 Å². The molecule has 2 N–H and O–H groups in total. The molecule has 0 radical (unpaired) electrons. The molecule has 58 heavy (non-hydrogen) atoms. The third-order valence-corrected chi connectivity index (χ3v) is 14.8. The van der Waals surface area contributed by atoms with E-state index in [0.717, 1.165) is 24.8 Å². The molecule has 13 nitrogen and oxygen atoms in total. The minimum atomic E-state index is -4.23. The zero-order chi connectivity index (χ0) is 41.6. The van der Waals surface area contributed by atoms with E-state index in [9.17, 15) is 27.6 Å². The van der Waals surface area contributed by atoms with Crippen LogP contribution in [0.4, 0.5) is 0 Å². The van der Waals surface area contributed by atoms with Crippen molar-refractivity contribution in [3.05, 3.63) is 67.3 Å². The van der Waals surface area contributed by atoms with Gasteiger partial charge in [-0.15, -0.1) is 6.58 Å². The third-order valence-electron chi connectivity index (χ3n) is 12.0. The monoisotopic (exact) mass is 833 g/mol. The summed E-state index contributed by atoms with van der Waals surface area (Å²) in [5.74, 6) is -2.28. The van der Waals surface area contributed by atoms with E-state index in [4.69, 9.17) is 26.1 Å². The summed E-state index contributed by atoms with van der Waals surface area (Å²) in [7, 11) is -2.65. The molecular formula is C43H52ClN5O8S. The van der Waals surface area contributed by atoms with Gasteiger partial charge in [-0.25, -0.2) is 18.1 Å². The number of likely N-dealkylation sites (tertiary alicyclic amines) is 2. The van der Waals surface area contributed by atoms with Gasteiger partial charge >= 0.3 is 0 Å². The van der Waals surface area contributed by atoms with E-state index in [1.165, 1.54) is 11.0 Å². The maximum atomic E-state index is 14.9. The molecule has 7 rings (SSSR count). The van der Waals surface area contributed by atoms with Gasteiger partial charge in [0.05, 0.1) is 30.8 Å². The number of nitrogens with zero attached hydrogens (tertiary/aromatic N) is 3. The summed E-state index contributed by atoms with van der Waals surface area (Å²) < 4.78 is 38.8. The molecule has 0 unspecified atom stereocenters. The first-order valence-corrected chi connectivity index (χ1v) is 21.8. The van der Waals surface area contributed by atoms with Crippen molar-refractivity contribution in [2.24, 2.45) is 17.3 Å². The van der Waals surface area contributed by atoms with E-state index >= 15 is 0 Å². The second-order valence-corrected chi connectivity index (χ2v) is 20.1. The van der Waals surface area contributed by atoms with Gasteiger partial charge in [0.25, 0.3) is 15.9 Å². The number of ether oxygens (including phenoxy) is 2. The molecule has 1 aromatic heterocycles. The Morgan fingerprint density at radius 3 is 2.38 bits per heavy atom. The maximum Gasteiger partial charge on any atom is 0.259 e. The SMILES string of the molecule is C=C[C@@H]1C[C@]1(NC(=O)[C@@H]1C[C@@H](Oc2cc(-c3ccccc3)nc3cc(OC)ccc23)CN1C(=O)[C@@H](CC(=O)N1CCCCC1)C(C)(C)C)C(=O)NS(=O)(=O)C1(Cl)CC1. The van der Waals surface area contributed by atoms with Crippen LogP contribution in [0.1, 0.15) is 72.1 Å². The lowest BCUT2D eigenvalue weighted by molar-refractivity contribution is -0.148. The fourth-order valence-electron chi connectivity index (χ4n) is 8.13. The van der Waals surface area contributed by atoms with Gasteiger partial charge in [-0.1, -0.05) is 68.8 Å². The topological polar surface area (TPSA) is 164 Å². The van der Waals surface area contributed by atoms with Crippen molar-refractivity contribution in [1.29, 1.82) is 0 Å². The highest BCUT2D eigenvalue weighted by Gasteiger charge is 2.63. The van der Waals surface area contributed by atoms with Crippen LogP contribution in [0, 0.1) is 17.3 Å². The number of piperidine rings is 1. The molecule has 2 saturated carbocycles. The van der Waals surface area contributed by atoms with Gasteiger partial charge in [0, 0.05) is 54.9 Å². The van der Waals surface area contributed by atoms with Crippen LogP contribution >= 0.6 is 11.6 Å². The molecule has 5 atom stereocenters. The number of hydrogen-bond acceptors (Lipinski definition) is 9. The quantitative estimate of drug-likeness (QED) is 0.166. The lowest BCUT2D eigenvalue weighted by Crippen LogP contribution is -2.57. The predicted molar refractivity (Wildman–Crippen MR) is 220 cm³/mol. The number of hydrogen-bond donors (Lipinski definition) is 2. The van der Waals surface area contributed by atoms with Crippen molar-refractivity contribution in [2.75, 3.05) is 26.7 Å². The largest absolute Gasteiger partial charge is 0.497 e. The first kappa shape index (κ1) is 41.5. The fourth-order valence-corrected chi connectivity index (χ4v) is 9.59. The normalized spacial score (nSPS) is 24.4. The van der Waals surface area contributed by atoms with Gasteiger partial charge < -0.3 is 24.6 Å². The molecule has 4 fully saturated rings. The third kappa shape index (κ3) is 8.27. The van der Waals surface area contributed by atoms with E-state index in [1.54, 1.807) is 13.2 Å². The smallest absolute Gasteiger partial charge is 0.259 e. The van der Waals surface area contributed by atoms with Crippen LogP contribution in [0.2, 0.25) is 0 Å². The summed E-state index contributed by atoms with van der Waals surface area (Å²) in [6.07, 6.45) is 4.20. The van der Waals surface area contributed by atoms with Gasteiger partial charge in [0.15, 0.2) is 4.21 Å². The van der Waals surface area contributed by atoms with Gasteiger partial charge in [-0.3, -0.25) is 19.2 Å². The number of rotatable bonds is 13. The standard InChI is InChI=1S/C43H52ClN5O8S/c1-6-28-25-43(28,40(53)47-58(54,55)42(44)17-18-42)46-38(51)35-22-30(26-49(35)39(52)32(41(2,3)4)23-37(50)48-19-11-8-12-20-48)57-36-24-33(27-13-9-7-10-14-27)45-34-21-29(56-5)15-16-31(34)36/h6-7,9-10,13-16,21,24,28,30,32,35H,1,8,11-12,17-20,22-23,25-26H2,2-5H3,(H,46,51)(H,47,53)/t28-,30-,32-,35+,43-/m1/s1. The molecule has 2 aliphatic carbocycles. The number of fused-ring (bicyclic) bond motifs is 1. The Morgan fingerprint density at radius 2 is 1.76 bits per heavy atom. The summed E-state index contributed by atoms with van der Waals surface area (Å²) in [6.45, 7) is 10.8. The van der Waals surface area contributed by atoms with Gasteiger partial charge in [0.1, 0.15) is 29.2 Å². The number of alkyl halides is 1. The number of amides is 4. The molecule has 0 spiro atoms. The van der Waals surface area contributed by atoms with E-state index in [0.29, 0.717) is 41.2 Å². The molecule has 0 bridgehead atoms. The Morgan fingerprint density at radius 1 is 1.05 bits per heavy atom. The first-order valence-electron chi connectivity index (χ1n) is 20.0. The maximum absolute atomic E-state index is 14.9. The predicted octanol–water partition coefficient (Wildman–Crippen LogP) is 5.56. The highest BCUT2D eigenvalue weighted by molar-refractivity contribution is 7.93. The number of carbonyl (C=O) groups is 4.